The van der Waals surface area contributed by atoms with Crippen molar-refractivity contribution in [2.75, 3.05) is 13.2 Å². The molecule has 2 fully saturated rings. The van der Waals surface area contributed by atoms with Gasteiger partial charge in [-0.25, -0.2) is 0 Å². The van der Waals surface area contributed by atoms with Crippen molar-refractivity contribution in [3.05, 3.63) is 11.8 Å². The van der Waals surface area contributed by atoms with Gasteiger partial charge in [-0.1, -0.05) is 19.3 Å². The van der Waals surface area contributed by atoms with Crippen LogP contribution in [0.4, 0.5) is 0 Å². The Morgan fingerprint density at radius 3 is 2.71 bits per heavy atom. The molecule has 0 spiro atoms. The first kappa shape index (κ1) is 17.7. The summed E-state index contributed by atoms with van der Waals surface area (Å²) >= 11 is 0. The van der Waals surface area contributed by atoms with E-state index in [0.29, 0.717) is 30.2 Å². The minimum atomic E-state index is -0.327. The van der Waals surface area contributed by atoms with Crippen molar-refractivity contribution < 1.29 is 19.4 Å². The Labute approximate surface area is 144 Å². The van der Waals surface area contributed by atoms with Gasteiger partial charge in [0.2, 0.25) is 6.29 Å². The second-order valence-electron chi connectivity index (χ2n) is 7.43. The highest BCUT2D eigenvalue weighted by Crippen LogP contribution is 2.42. The number of hydrogen-bond acceptors (Lipinski definition) is 4. The lowest BCUT2D eigenvalue weighted by Crippen LogP contribution is -2.40. The van der Waals surface area contributed by atoms with Crippen LogP contribution < -0.4 is 5.32 Å². The van der Waals surface area contributed by atoms with Crippen LogP contribution in [0.5, 0.6) is 0 Å². The molecule has 5 heteroatoms. The number of aliphatic hydroxyl groups is 1. The second kappa shape index (κ2) is 8.86. The number of ether oxygens (including phenoxy) is 2. The van der Waals surface area contributed by atoms with Gasteiger partial charge in [0, 0.05) is 19.1 Å². The summed E-state index contributed by atoms with van der Waals surface area (Å²) in [5.41, 5.74) is 0. The standard InChI is InChI=1S/C19H31NO4/c21-10-4-5-11-23-18-13-15(14-8-9-14)12-17(24-18)19(22)20-16-6-2-1-3-7-16/h12,14-16,18,21H,1-11,13H2,(H,20,22)/t15-,18+/m1/s1. The summed E-state index contributed by atoms with van der Waals surface area (Å²) in [7, 11) is 0. The van der Waals surface area contributed by atoms with Crippen LogP contribution in [0.2, 0.25) is 0 Å². The van der Waals surface area contributed by atoms with Gasteiger partial charge < -0.3 is 19.9 Å². The molecule has 0 radical (unpaired) electrons. The summed E-state index contributed by atoms with van der Waals surface area (Å²) in [6.45, 7) is 0.759. The summed E-state index contributed by atoms with van der Waals surface area (Å²) in [6, 6.07) is 0.293. The SMILES string of the molecule is O=C(NC1CCCCC1)C1=C[C@@H](C2CC2)C[C@@H](OCCCCO)O1. The molecule has 24 heavy (non-hydrogen) atoms. The Morgan fingerprint density at radius 1 is 1.21 bits per heavy atom. The molecule has 3 rings (SSSR count). The third-order valence-corrected chi connectivity index (χ3v) is 5.34. The van der Waals surface area contributed by atoms with Gasteiger partial charge in [-0.15, -0.1) is 0 Å². The molecule has 2 atom stereocenters. The molecule has 3 aliphatic rings. The van der Waals surface area contributed by atoms with Crippen LogP contribution in [0.3, 0.4) is 0 Å². The van der Waals surface area contributed by atoms with Crippen LogP contribution in [0.15, 0.2) is 11.8 Å². The number of aliphatic hydroxyl groups excluding tert-OH is 1. The lowest BCUT2D eigenvalue weighted by Gasteiger charge is -2.30. The van der Waals surface area contributed by atoms with Gasteiger partial charge in [-0.05, 0) is 56.4 Å². The number of unbranched alkanes of at least 4 members (excludes halogenated alkanes) is 1. The van der Waals surface area contributed by atoms with Crippen LogP contribution in [-0.2, 0) is 14.3 Å². The van der Waals surface area contributed by atoms with E-state index in [1.165, 1.54) is 32.1 Å². The molecular formula is C19H31NO4. The maximum absolute atomic E-state index is 12.6. The highest BCUT2D eigenvalue weighted by molar-refractivity contribution is 5.91. The van der Waals surface area contributed by atoms with Crippen molar-refractivity contribution in [1.29, 1.82) is 0 Å². The zero-order chi connectivity index (χ0) is 16.8. The lowest BCUT2D eigenvalue weighted by atomic mass is 9.94. The second-order valence-corrected chi connectivity index (χ2v) is 7.43. The van der Waals surface area contributed by atoms with Gasteiger partial charge in [0.1, 0.15) is 0 Å². The van der Waals surface area contributed by atoms with E-state index in [-0.39, 0.29) is 18.8 Å². The van der Waals surface area contributed by atoms with Gasteiger partial charge in [0.25, 0.3) is 5.91 Å². The predicted molar refractivity (Wildman–Crippen MR) is 91.1 cm³/mol. The fraction of sp³-hybridized carbons (Fsp3) is 0.842. The monoisotopic (exact) mass is 337 g/mol. The lowest BCUT2D eigenvalue weighted by molar-refractivity contribution is -0.150. The van der Waals surface area contributed by atoms with Crippen molar-refractivity contribution in [2.24, 2.45) is 11.8 Å². The summed E-state index contributed by atoms with van der Waals surface area (Å²) in [4.78, 5) is 12.6. The largest absolute Gasteiger partial charge is 0.459 e. The molecule has 0 saturated heterocycles. The minimum Gasteiger partial charge on any atom is -0.459 e. The van der Waals surface area contributed by atoms with E-state index in [0.717, 1.165) is 32.1 Å². The van der Waals surface area contributed by atoms with E-state index in [2.05, 4.69) is 5.32 Å². The summed E-state index contributed by atoms with van der Waals surface area (Å²) < 4.78 is 11.7. The maximum atomic E-state index is 12.6. The highest BCUT2D eigenvalue weighted by Gasteiger charge is 2.37. The predicted octanol–water partition coefficient (Wildman–Crippen LogP) is 2.88. The third kappa shape index (κ3) is 5.21. The first-order chi connectivity index (χ1) is 11.8. The number of amides is 1. The van der Waals surface area contributed by atoms with E-state index in [9.17, 15) is 4.79 Å². The van der Waals surface area contributed by atoms with Gasteiger partial charge in [-0.3, -0.25) is 4.79 Å². The van der Waals surface area contributed by atoms with E-state index in [4.69, 9.17) is 14.6 Å². The number of carbonyl (C=O) groups is 1. The average Bonchev–Trinajstić information content (AvgIpc) is 3.44. The summed E-state index contributed by atoms with van der Waals surface area (Å²) in [6.07, 6.45) is 12.4. The zero-order valence-electron chi connectivity index (χ0n) is 14.5. The molecule has 2 N–H and O–H groups in total. The van der Waals surface area contributed by atoms with Gasteiger partial charge in [0.15, 0.2) is 5.76 Å². The molecule has 0 aromatic heterocycles. The first-order valence-electron chi connectivity index (χ1n) is 9.68. The quantitative estimate of drug-likeness (QED) is 0.668. The van der Waals surface area contributed by atoms with Crippen molar-refractivity contribution in [2.45, 2.75) is 76.5 Å². The van der Waals surface area contributed by atoms with E-state index in [1.54, 1.807) is 0 Å². The number of carbonyl (C=O) groups excluding carboxylic acids is 1. The van der Waals surface area contributed by atoms with Crippen molar-refractivity contribution in [3.8, 4) is 0 Å². The zero-order valence-corrected chi connectivity index (χ0v) is 14.5. The van der Waals surface area contributed by atoms with E-state index < -0.39 is 0 Å². The fourth-order valence-electron chi connectivity index (χ4n) is 3.73. The molecular weight excluding hydrogens is 306 g/mol. The Morgan fingerprint density at radius 2 is 2.00 bits per heavy atom. The molecule has 0 aromatic rings. The molecule has 2 saturated carbocycles. The van der Waals surface area contributed by atoms with Crippen LogP contribution in [-0.4, -0.2) is 36.6 Å². The smallest absolute Gasteiger partial charge is 0.286 e. The summed E-state index contributed by atoms with van der Waals surface area (Å²) in [5, 5.41) is 12.0. The third-order valence-electron chi connectivity index (χ3n) is 5.34. The minimum absolute atomic E-state index is 0.0730. The molecule has 1 amide bonds. The molecule has 0 aromatic carbocycles. The molecule has 0 bridgehead atoms. The summed E-state index contributed by atoms with van der Waals surface area (Å²) in [5.74, 6) is 1.47. The first-order valence-corrected chi connectivity index (χ1v) is 9.68. The number of nitrogens with one attached hydrogen (secondary N) is 1. The van der Waals surface area contributed by atoms with Crippen LogP contribution in [0.1, 0.15) is 64.2 Å². The number of hydrogen-bond donors (Lipinski definition) is 2. The number of rotatable bonds is 8. The van der Waals surface area contributed by atoms with Crippen LogP contribution >= 0.6 is 0 Å². The molecule has 1 heterocycles. The molecule has 5 nitrogen and oxygen atoms in total. The maximum Gasteiger partial charge on any atom is 0.286 e. The van der Waals surface area contributed by atoms with E-state index in [1.807, 2.05) is 6.08 Å². The number of allylic oxidation sites excluding steroid dienone is 1. The molecule has 1 aliphatic heterocycles. The van der Waals surface area contributed by atoms with Gasteiger partial charge in [-0.2, -0.15) is 0 Å². The van der Waals surface area contributed by atoms with Crippen molar-refractivity contribution in [1.82, 2.24) is 5.32 Å². The molecule has 0 unspecified atom stereocenters. The molecule has 2 aliphatic carbocycles. The van der Waals surface area contributed by atoms with Gasteiger partial charge in [0.05, 0.1) is 6.61 Å². The van der Waals surface area contributed by atoms with Gasteiger partial charge >= 0.3 is 0 Å². The van der Waals surface area contributed by atoms with Crippen molar-refractivity contribution in [3.63, 3.8) is 0 Å². The van der Waals surface area contributed by atoms with Crippen LogP contribution in [0, 0.1) is 11.8 Å². The Hall–Kier alpha value is -1.07. The Kier molecular flexibility index (Phi) is 6.55. The van der Waals surface area contributed by atoms with Crippen LogP contribution in [0.25, 0.3) is 0 Å². The fourth-order valence-corrected chi connectivity index (χ4v) is 3.73. The Balaban J connectivity index is 1.54. The average molecular weight is 337 g/mol. The Bertz CT molecular complexity index is 441. The molecule has 136 valence electrons. The van der Waals surface area contributed by atoms with E-state index >= 15 is 0 Å². The normalized spacial score (nSPS) is 28.1. The van der Waals surface area contributed by atoms with Crippen molar-refractivity contribution >= 4 is 5.91 Å². The topological polar surface area (TPSA) is 67.8 Å². The highest BCUT2D eigenvalue weighted by atomic mass is 16.7.